The first-order chi connectivity index (χ1) is 12.9. The molecule has 0 aromatic heterocycles. The molecule has 4 nitrogen and oxygen atoms in total. The Morgan fingerprint density at radius 2 is 1.96 bits per heavy atom. The first kappa shape index (κ1) is 20.7. The average Bonchev–Trinajstić information content (AvgIpc) is 2.63. The topological polar surface area (TPSA) is 38.8 Å². The lowest BCUT2D eigenvalue weighted by Gasteiger charge is -2.16. The van der Waals surface area contributed by atoms with E-state index in [9.17, 15) is 13.6 Å². The Hall–Kier alpha value is -2.60. The number of ether oxygens (including phenoxy) is 2. The normalized spacial score (nSPS) is 11.0. The molecule has 0 aliphatic rings. The lowest BCUT2D eigenvalue weighted by Crippen LogP contribution is -2.24. The summed E-state index contributed by atoms with van der Waals surface area (Å²) in [5.74, 6) is -0.0798. The van der Waals surface area contributed by atoms with Crippen molar-refractivity contribution in [3.05, 3.63) is 64.7 Å². The molecule has 0 unspecified atom stereocenters. The van der Waals surface area contributed by atoms with Crippen LogP contribution in [0.4, 0.5) is 8.78 Å². The van der Waals surface area contributed by atoms with Crippen molar-refractivity contribution in [3.63, 3.8) is 0 Å². The van der Waals surface area contributed by atoms with E-state index in [4.69, 9.17) is 16.3 Å². The second-order valence-electron chi connectivity index (χ2n) is 5.64. The molecule has 0 aliphatic heterocycles. The van der Waals surface area contributed by atoms with Crippen molar-refractivity contribution in [2.75, 3.05) is 13.7 Å². The number of hydrogen-bond donors (Lipinski definition) is 0. The van der Waals surface area contributed by atoms with Gasteiger partial charge >= 0.3 is 6.61 Å². The summed E-state index contributed by atoms with van der Waals surface area (Å²) in [4.78, 5) is 13.8. The molecule has 1 amide bonds. The highest BCUT2D eigenvalue weighted by Gasteiger charge is 2.12. The van der Waals surface area contributed by atoms with E-state index < -0.39 is 6.61 Å². The molecule has 2 aromatic rings. The molecule has 0 radical (unpaired) electrons. The van der Waals surface area contributed by atoms with Crippen LogP contribution in [0.1, 0.15) is 18.1 Å². The van der Waals surface area contributed by atoms with Gasteiger partial charge in [0.05, 0.1) is 6.61 Å². The Labute approximate surface area is 162 Å². The second-order valence-corrected chi connectivity index (χ2v) is 6.04. The standard InChI is InChI=1S/C20H20ClF2NO3/c1-3-26-18-12-14(8-10-17(18)27-20(22)23)9-11-19(25)24(2)13-15-6-4-5-7-16(15)21/h4-12,20H,3,13H2,1-2H3/b11-9+. The van der Waals surface area contributed by atoms with E-state index in [0.29, 0.717) is 23.7 Å². The van der Waals surface area contributed by atoms with E-state index >= 15 is 0 Å². The molecule has 0 saturated carbocycles. The Kier molecular flexibility index (Phi) is 7.61. The van der Waals surface area contributed by atoms with Crippen molar-refractivity contribution < 1.29 is 23.0 Å². The van der Waals surface area contributed by atoms with Crippen LogP contribution in [-0.4, -0.2) is 31.1 Å². The van der Waals surface area contributed by atoms with Gasteiger partial charge in [-0.05, 0) is 42.3 Å². The van der Waals surface area contributed by atoms with Gasteiger partial charge in [0.15, 0.2) is 11.5 Å². The predicted molar refractivity (Wildman–Crippen MR) is 101 cm³/mol. The monoisotopic (exact) mass is 395 g/mol. The molecule has 2 aromatic carbocycles. The van der Waals surface area contributed by atoms with Crippen LogP contribution < -0.4 is 9.47 Å². The number of halogens is 3. The molecule has 0 fully saturated rings. The van der Waals surface area contributed by atoms with Crippen LogP contribution in [0.2, 0.25) is 5.02 Å². The SMILES string of the molecule is CCOc1cc(/C=C/C(=O)N(C)Cc2ccccc2Cl)ccc1OC(F)F. The van der Waals surface area contributed by atoms with Crippen LogP contribution >= 0.6 is 11.6 Å². The van der Waals surface area contributed by atoms with Gasteiger partial charge < -0.3 is 14.4 Å². The van der Waals surface area contributed by atoms with Crippen LogP contribution in [0.3, 0.4) is 0 Å². The summed E-state index contributed by atoms with van der Waals surface area (Å²) in [6, 6.07) is 11.8. The van der Waals surface area contributed by atoms with Crippen LogP contribution in [-0.2, 0) is 11.3 Å². The number of carbonyl (C=O) groups is 1. The van der Waals surface area contributed by atoms with Crippen LogP contribution in [0.15, 0.2) is 48.5 Å². The fourth-order valence-electron chi connectivity index (χ4n) is 2.34. The third kappa shape index (κ3) is 6.25. The van der Waals surface area contributed by atoms with E-state index in [1.807, 2.05) is 18.2 Å². The van der Waals surface area contributed by atoms with Gasteiger partial charge in [-0.15, -0.1) is 0 Å². The zero-order valence-corrected chi connectivity index (χ0v) is 15.7. The number of nitrogens with zero attached hydrogens (tertiary/aromatic N) is 1. The highest BCUT2D eigenvalue weighted by molar-refractivity contribution is 6.31. The van der Waals surface area contributed by atoms with Crippen molar-refractivity contribution in [2.24, 2.45) is 0 Å². The van der Waals surface area contributed by atoms with Gasteiger partial charge in [0.25, 0.3) is 0 Å². The molecule has 0 N–H and O–H groups in total. The van der Waals surface area contributed by atoms with Crippen molar-refractivity contribution in [2.45, 2.75) is 20.1 Å². The Bertz CT molecular complexity index is 812. The van der Waals surface area contributed by atoms with Crippen molar-refractivity contribution in [1.82, 2.24) is 4.90 Å². The maximum absolute atomic E-state index is 12.4. The Balaban J connectivity index is 2.08. The summed E-state index contributed by atoms with van der Waals surface area (Å²) >= 11 is 6.11. The van der Waals surface area contributed by atoms with E-state index in [1.54, 1.807) is 38.2 Å². The van der Waals surface area contributed by atoms with Gasteiger partial charge in [0, 0.05) is 24.7 Å². The van der Waals surface area contributed by atoms with Gasteiger partial charge in [-0.3, -0.25) is 4.79 Å². The van der Waals surface area contributed by atoms with Crippen molar-refractivity contribution >= 4 is 23.6 Å². The second kappa shape index (κ2) is 9.92. The van der Waals surface area contributed by atoms with Crippen molar-refractivity contribution in [1.29, 1.82) is 0 Å². The summed E-state index contributed by atoms with van der Waals surface area (Å²) < 4.78 is 34.6. The van der Waals surface area contributed by atoms with Gasteiger partial charge in [-0.25, -0.2) is 0 Å². The number of alkyl halides is 2. The highest BCUT2D eigenvalue weighted by Crippen LogP contribution is 2.30. The average molecular weight is 396 g/mol. The van der Waals surface area contributed by atoms with Gasteiger partial charge in [0.2, 0.25) is 5.91 Å². The zero-order valence-electron chi connectivity index (χ0n) is 15.0. The zero-order chi connectivity index (χ0) is 19.8. The maximum Gasteiger partial charge on any atom is 0.387 e. The molecule has 144 valence electrons. The summed E-state index contributed by atoms with van der Waals surface area (Å²) in [6.45, 7) is -0.534. The molecule has 0 heterocycles. The lowest BCUT2D eigenvalue weighted by molar-refractivity contribution is -0.125. The molecule has 0 spiro atoms. The van der Waals surface area contributed by atoms with Crippen LogP contribution in [0, 0.1) is 0 Å². The lowest BCUT2D eigenvalue weighted by atomic mass is 10.1. The van der Waals surface area contributed by atoms with E-state index in [1.165, 1.54) is 17.0 Å². The molecule has 7 heteroatoms. The fraction of sp³-hybridized carbons (Fsp3) is 0.250. The predicted octanol–water partition coefficient (Wildman–Crippen LogP) is 5.01. The van der Waals surface area contributed by atoms with E-state index in [-0.39, 0.29) is 17.4 Å². The number of carbonyl (C=O) groups excluding carboxylic acids is 1. The first-order valence-electron chi connectivity index (χ1n) is 8.29. The largest absolute Gasteiger partial charge is 0.490 e. The number of rotatable bonds is 8. The summed E-state index contributed by atoms with van der Waals surface area (Å²) in [7, 11) is 1.67. The minimum Gasteiger partial charge on any atom is -0.490 e. The maximum atomic E-state index is 12.4. The molecule has 2 rings (SSSR count). The Morgan fingerprint density at radius 3 is 2.63 bits per heavy atom. The smallest absolute Gasteiger partial charge is 0.387 e. The Morgan fingerprint density at radius 1 is 1.22 bits per heavy atom. The number of amides is 1. The van der Waals surface area contributed by atoms with Crippen LogP contribution in [0.5, 0.6) is 11.5 Å². The van der Waals surface area contributed by atoms with E-state index in [2.05, 4.69) is 4.74 Å². The molecule has 0 saturated heterocycles. The summed E-state index contributed by atoms with van der Waals surface area (Å²) in [5, 5.41) is 0.595. The molecule has 0 atom stereocenters. The molecular weight excluding hydrogens is 376 g/mol. The van der Waals surface area contributed by atoms with Gasteiger partial charge in [-0.1, -0.05) is 35.9 Å². The van der Waals surface area contributed by atoms with E-state index in [0.717, 1.165) is 5.56 Å². The number of benzene rings is 2. The highest BCUT2D eigenvalue weighted by atomic mass is 35.5. The molecule has 0 bridgehead atoms. The third-order valence-corrected chi connectivity index (χ3v) is 4.01. The third-order valence-electron chi connectivity index (χ3n) is 3.64. The van der Waals surface area contributed by atoms with Crippen molar-refractivity contribution in [3.8, 4) is 11.5 Å². The first-order valence-corrected chi connectivity index (χ1v) is 8.66. The summed E-state index contributed by atoms with van der Waals surface area (Å²) in [5.41, 5.74) is 1.47. The minimum atomic E-state index is -2.94. The summed E-state index contributed by atoms with van der Waals surface area (Å²) in [6.07, 6.45) is 2.98. The molecule has 27 heavy (non-hydrogen) atoms. The number of hydrogen-bond acceptors (Lipinski definition) is 3. The number of likely N-dealkylation sites (N-methyl/N-ethyl adjacent to an activating group) is 1. The fourth-order valence-corrected chi connectivity index (χ4v) is 2.54. The minimum absolute atomic E-state index is 0.0498. The molecular formula is C20H20ClF2NO3. The van der Waals surface area contributed by atoms with Gasteiger partial charge in [0.1, 0.15) is 0 Å². The van der Waals surface area contributed by atoms with Gasteiger partial charge in [-0.2, -0.15) is 8.78 Å². The van der Waals surface area contributed by atoms with Crippen LogP contribution in [0.25, 0.3) is 6.08 Å². The quantitative estimate of drug-likeness (QED) is 0.589. The molecule has 0 aliphatic carbocycles.